The van der Waals surface area contributed by atoms with Gasteiger partial charge in [0.25, 0.3) is 5.91 Å². The van der Waals surface area contributed by atoms with Crippen LogP contribution >= 0.6 is 0 Å². The van der Waals surface area contributed by atoms with Crippen molar-refractivity contribution in [1.29, 1.82) is 5.26 Å². The molecule has 0 aliphatic rings. The molecule has 0 saturated heterocycles. The third-order valence-electron chi connectivity index (χ3n) is 5.57. The predicted molar refractivity (Wildman–Crippen MR) is 128 cm³/mol. The largest absolute Gasteiger partial charge is 0.493 e. The van der Waals surface area contributed by atoms with Gasteiger partial charge < -0.3 is 19.8 Å². The Kier molecular flexibility index (Phi) is 6.32. The van der Waals surface area contributed by atoms with Gasteiger partial charge in [0.15, 0.2) is 11.5 Å². The number of H-pyrrole nitrogens is 1. The zero-order valence-corrected chi connectivity index (χ0v) is 19.3. The number of nitrogens with one attached hydrogen (secondary N) is 2. The fraction of sp³-hybridized carbons (Fsp3) is 0.200. The number of nitrogens with zero attached hydrogens (tertiary/aromatic N) is 4. The van der Waals surface area contributed by atoms with Crippen LogP contribution in [0.15, 0.2) is 48.6 Å². The number of pyridine rings is 1. The van der Waals surface area contributed by atoms with Crippen molar-refractivity contribution in [2.45, 2.75) is 13.5 Å². The molecule has 9 nitrogen and oxygen atoms in total. The maximum Gasteiger partial charge on any atom is 0.262 e. The van der Waals surface area contributed by atoms with Gasteiger partial charge in [-0.25, -0.2) is 4.98 Å². The fourth-order valence-corrected chi connectivity index (χ4v) is 3.82. The molecule has 3 aromatic heterocycles. The molecule has 0 fully saturated rings. The molecule has 34 heavy (non-hydrogen) atoms. The lowest BCUT2D eigenvalue weighted by Crippen LogP contribution is -2.24. The molecular weight excluding hydrogens is 432 g/mol. The van der Waals surface area contributed by atoms with E-state index in [1.807, 2.05) is 32.3 Å². The summed E-state index contributed by atoms with van der Waals surface area (Å²) < 4.78 is 12.3. The van der Waals surface area contributed by atoms with Gasteiger partial charge in [0.2, 0.25) is 0 Å². The van der Waals surface area contributed by atoms with Crippen LogP contribution in [0.5, 0.6) is 11.5 Å². The number of carbonyl (C=O) groups is 1. The van der Waals surface area contributed by atoms with Crippen molar-refractivity contribution in [1.82, 2.24) is 25.1 Å². The zero-order valence-electron chi connectivity index (χ0n) is 19.3. The normalized spacial score (nSPS) is 11.3. The average molecular weight is 457 g/mol. The van der Waals surface area contributed by atoms with Crippen LogP contribution in [0.25, 0.3) is 28.2 Å². The van der Waals surface area contributed by atoms with Crippen molar-refractivity contribution in [2.75, 3.05) is 14.2 Å². The van der Waals surface area contributed by atoms with Gasteiger partial charge in [-0.15, -0.1) is 0 Å². The summed E-state index contributed by atoms with van der Waals surface area (Å²) >= 11 is 0. The minimum Gasteiger partial charge on any atom is -0.493 e. The lowest BCUT2D eigenvalue weighted by atomic mass is 10.0. The summed E-state index contributed by atoms with van der Waals surface area (Å²) in [4.78, 5) is 20.4. The quantitative estimate of drug-likeness (QED) is 0.325. The Hall–Kier alpha value is -4.58. The number of ether oxygens (including phenoxy) is 2. The Morgan fingerprint density at radius 3 is 2.74 bits per heavy atom. The van der Waals surface area contributed by atoms with Crippen LogP contribution in [0, 0.1) is 18.3 Å². The highest BCUT2D eigenvalue weighted by Crippen LogP contribution is 2.31. The SMILES string of the molecule is COc1ccc(CNC(=O)/C(C#N)=C/c2c[nH]c3ncc(-c4cnn(C)c4)c(C)c23)cc1OC. The molecule has 3 heterocycles. The molecule has 4 aromatic rings. The van der Waals surface area contributed by atoms with E-state index in [2.05, 4.69) is 20.4 Å². The van der Waals surface area contributed by atoms with E-state index in [-0.39, 0.29) is 12.1 Å². The zero-order chi connectivity index (χ0) is 24.2. The first-order valence-corrected chi connectivity index (χ1v) is 10.5. The second-order valence-corrected chi connectivity index (χ2v) is 7.71. The highest BCUT2D eigenvalue weighted by Gasteiger charge is 2.15. The van der Waals surface area contributed by atoms with Gasteiger partial charge in [0.05, 0.1) is 20.4 Å². The Morgan fingerprint density at radius 2 is 2.06 bits per heavy atom. The Balaban J connectivity index is 1.60. The first-order chi connectivity index (χ1) is 16.4. The minimum absolute atomic E-state index is 0.00689. The van der Waals surface area contributed by atoms with Crippen molar-refractivity contribution >= 4 is 23.0 Å². The van der Waals surface area contributed by atoms with E-state index in [0.29, 0.717) is 22.7 Å². The summed E-state index contributed by atoms with van der Waals surface area (Å²) in [6, 6.07) is 7.38. The number of hydrogen-bond acceptors (Lipinski definition) is 6. The molecule has 1 amide bonds. The van der Waals surface area contributed by atoms with E-state index >= 15 is 0 Å². The Bertz CT molecular complexity index is 1440. The lowest BCUT2D eigenvalue weighted by Gasteiger charge is -2.10. The van der Waals surface area contributed by atoms with Crippen molar-refractivity contribution in [2.24, 2.45) is 7.05 Å². The number of aryl methyl sites for hydroxylation is 2. The number of amides is 1. The third-order valence-corrected chi connectivity index (χ3v) is 5.57. The van der Waals surface area contributed by atoms with E-state index in [0.717, 1.165) is 27.6 Å². The smallest absolute Gasteiger partial charge is 0.262 e. The molecule has 172 valence electrons. The monoisotopic (exact) mass is 456 g/mol. The second kappa shape index (κ2) is 9.50. The number of fused-ring (bicyclic) bond motifs is 1. The minimum atomic E-state index is -0.472. The topological polar surface area (TPSA) is 118 Å². The standard InChI is InChI=1S/C25H24N6O3/c1-15-20(19-12-30-31(2)14-19)13-28-24-23(15)18(11-27-24)8-17(9-26)25(32)29-10-16-5-6-21(33-3)22(7-16)34-4/h5-8,11-14H,10H2,1-4H3,(H,27,28)(H,29,32)/b17-8+. The number of carbonyl (C=O) groups excluding carboxylic acids is 1. The van der Waals surface area contributed by atoms with Crippen LogP contribution in [-0.2, 0) is 18.4 Å². The van der Waals surface area contributed by atoms with Crippen molar-refractivity contribution < 1.29 is 14.3 Å². The maximum atomic E-state index is 12.8. The van der Waals surface area contributed by atoms with Gasteiger partial charge in [-0.1, -0.05) is 6.07 Å². The first kappa shape index (κ1) is 22.6. The van der Waals surface area contributed by atoms with E-state index in [4.69, 9.17) is 9.47 Å². The predicted octanol–water partition coefficient (Wildman–Crippen LogP) is 3.51. The van der Waals surface area contributed by atoms with Crippen LogP contribution in [0.2, 0.25) is 0 Å². The first-order valence-electron chi connectivity index (χ1n) is 10.5. The number of benzene rings is 1. The molecule has 2 N–H and O–H groups in total. The summed E-state index contributed by atoms with van der Waals surface area (Å²) in [7, 11) is 4.97. The number of nitriles is 1. The number of aromatic amines is 1. The molecule has 9 heteroatoms. The van der Waals surface area contributed by atoms with Crippen LogP contribution in [-0.4, -0.2) is 39.9 Å². The maximum absolute atomic E-state index is 12.8. The number of aromatic nitrogens is 4. The Morgan fingerprint density at radius 1 is 1.26 bits per heavy atom. The van der Waals surface area contributed by atoms with Gasteiger partial charge in [-0.3, -0.25) is 9.48 Å². The summed E-state index contributed by atoms with van der Waals surface area (Å²) in [6.07, 6.45) is 8.81. The molecule has 0 unspecified atom stereocenters. The molecule has 0 atom stereocenters. The van der Waals surface area contributed by atoms with E-state index < -0.39 is 5.91 Å². The van der Waals surface area contributed by atoms with Crippen molar-refractivity contribution in [3.63, 3.8) is 0 Å². The summed E-state index contributed by atoms with van der Waals surface area (Å²) in [6.45, 7) is 2.22. The van der Waals surface area contributed by atoms with Gasteiger partial charge >= 0.3 is 0 Å². The molecule has 0 bridgehead atoms. The van der Waals surface area contributed by atoms with Gasteiger partial charge in [-0.2, -0.15) is 10.4 Å². The summed E-state index contributed by atoms with van der Waals surface area (Å²) in [5.41, 5.74) is 5.06. The molecule has 4 rings (SSSR count). The highest BCUT2D eigenvalue weighted by atomic mass is 16.5. The number of hydrogen-bond donors (Lipinski definition) is 2. The van der Waals surface area contributed by atoms with E-state index in [9.17, 15) is 10.1 Å². The molecule has 0 aliphatic heterocycles. The Labute approximate surface area is 196 Å². The highest BCUT2D eigenvalue weighted by molar-refractivity contribution is 6.04. The van der Waals surface area contributed by atoms with Gasteiger partial charge in [0, 0.05) is 54.3 Å². The molecule has 0 aliphatic carbocycles. The summed E-state index contributed by atoms with van der Waals surface area (Å²) in [5, 5.41) is 17.5. The van der Waals surface area contributed by atoms with Crippen LogP contribution in [0.1, 0.15) is 16.7 Å². The van der Waals surface area contributed by atoms with Crippen molar-refractivity contribution in [3.8, 4) is 28.7 Å². The van der Waals surface area contributed by atoms with Crippen LogP contribution < -0.4 is 14.8 Å². The van der Waals surface area contributed by atoms with E-state index in [1.54, 1.807) is 55.7 Å². The third kappa shape index (κ3) is 4.34. The van der Waals surface area contributed by atoms with Crippen LogP contribution in [0.3, 0.4) is 0 Å². The molecule has 1 aromatic carbocycles. The van der Waals surface area contributed by atoms with Gasteiger partial charge in [0.1, 0.15) is 17.3 Å². The lowest BCUT2D eigenvalue weighted by molar-refractivity contribution is -0.117. The fourth-order valence-electron chi connectivity index (χ4n) is 3.82. The van der Waals surface area contributed by atoms with Crippen molar-refractivity contribution in [3.05, 3.63) is 65.2 Å². The number of methoxy groups -OCH3 is 2. The van der Waals surface area contributed by atoms with Crippen LogP contribution in [0.4, 0.5) is 0 Å². The van der Waals surface area contributed by atoms with E-state index in [1.165, 1.54) is 0 Å². The van der Waals surface area contributed by atoms with Gasteiger partial charge in [-0.05, 0) is 36.3 Å². The molecule has 0 saturated carbocycles. The average Bonchev–Trinajstić information content (AvgIpc) is 3.47. The number of rotatable bonds is 7. The second-order valence-electron chi connectivity index (χ2n) is 7.71. The summed E-state index contributed by atoms with van der Waals surface area (Å²) in [5.74, 6) is 0.696. The molecule has 0 spiro atoms. The molecular formula is C25H24N6O3. The molecule has 0 radical (unpaired) electrons.